The van der Waals surface area contributed by atoms with E-state index in [1.807, 2.05) is 78.9 Å². The first kappa shape index (κ1) is 24.5. The minimum Gasteiger partial charge on any atom is -0.478 e. The zero-order chi connectivity index (χ0) is 24.0. The maximum atomic E-state index is 11.6. The van der Waals surface area contributed by atoms with Crippen LogP contribution in [0.15, 0.2) is 115 Å². The summed E-state index contributed by atoms with van der Waals surface area (Å²) >= 11 is 0. The molecule has 0 bridgehead atoms. The lowest BCUT2D eigenvalue weighted by molar-refractivity contribution is 0.0508. The predicted molar refractivity (Wildman–Crippen MR) is 134 cm³/mol. The van der Waals surface area contributed by atoms with Crippen molar-refractivity contribution in [2.75, 3.05) is 6.61 Å². The smallest absolute Gasteiger partial charge is 0.338 e. The summed E-state index contributed by atoms with van der Waals surface area (Å²) in [5, 5.41) is 9.06. The Morgan fingerprint density at radius 2 is 1.09 bits per heavy atom. The number of esters is 1. The van der Waals surface area contributed by atoms with Crippen LogP contribution in [0.4, 0.5) is 0 Å². The molecule has 4 nitrogen and oxygen atoms in total. The van der Waals surface area contributed by atoms with Crippen LogP contribution < -0.4 is 0 Å². The van der Waals surface area contributed by atoms with Gasteiger partial charge in [0.1, 0.15) is 0 Å². The van der Waals surface area contributed by atoms with Gasteiger partial charge in [0.25, 0.3) is 0 Å². The van der Waals surface area contributed by atoms with Crippen LogP contribution in [0, 0.1) is 0 Å². The van der Waals surface area contributed by atoms with Gasteiger partial charge in [-0.1, -0.05) is 97.1 Å². The molecule has 172 valence electrons. The molecule has 0 radical (unpaired) electrons. The molecule has 34 heavy (non-hydrogen) atoms. The number of rotatable bonds is 8. The van der Waals surface area contributed by atoms with Crippen LogP contribution in [-0.2, 0) is 24.0 Å². The SMILES string of the molecule is O=C(O)c1ccccc1CCc1ccccc1.O=C(OCCc1ccccc1)c1ccccc1. The number of hydrogen-bond donors (Lipinski definition) is 1. The molecule has 0 amide bonds. The van der Waals surface area contributed by atoms with E-state index in [0.29, 0.717) is 17.7 Å². The number of carboxylic acid groups (broad SMARTS) is 1. The van der Waals surface area contributed by atoms with Gasteiger partial charge in [0.2, 0.25) is 0 Å². The molecule has 0 heterocycles. The molecule has 0 saturated heterocycles. The first-order valence-corrected chi connectivity index (χ1v) is 11.2. The van der Waals surface area contributed by atoms with Gasteiger partial charge in [-0.25, -0.2) is 9.59 Å². The van der Waals surface area contributed by atoms with Crippen molar-refractivity contribution in [3.05, 3.63) is 143 Å². The van der Waals surface area contributed by atoms with Gasteiger partial charge in [0.05, 0.1) is 17.7 Å². The van der Waals surface area contributed by atoms with E-state index >= 15 is 0 Å². The van der Waals surface area contributed by atoms with E-state index in [0.717, 1.165) is 24.8 Å². The van der Waals surface area contributed by atoms with Crippen molar-refractivity contribution in [2.45, 2.75) is 19.3 Å². The number of aryl methyl sites for hydroxylation is 2. The molecule has 4 aromatic rings. The molecule has 4 aromatic carbocycles. The van der Waals surface area contributed by atoms with E-state index in [1.54, 1.807) is 24.3 Å². The van der Waals surface area contributed by atoms with Crippen LogP contribution in [0.2, 0.25) is 0 Å². The Morgan fingerprint density at radius 3 is 1.68 bits per heavy atom. The summed E-state index contributed by atoms with van der Waals surface area (Å²) < 4.78 is 5.19. The molecule has 0 fully saturated rings. The number of hydrogen-bond acceptors (Lipinski definition) is 3. The summed E-state index contributed by atoms with van der Waals surface area (Å²) in [6.07, 6.45) is 2.37. The van der Waals surface area contributed by atoms with E-state index in [1.165, 1.54) is 11.1 Å². The quantitative estimate of drug-likeness (QED) is 0.321. The average molecular weight is 453 g/mol. The van der Waals surface area contributed by atoms with Crippen molar-refractivity contribution in [3.8, 4) is 0 Å². The van der Waals surface area contributed by atoms with Crippen LogP contribution in [0.25, 0.3) is 0 Å². The van der Waals surface area contributed by atoms with Crippen LogP contribution in [0.5, 0.6) is 0 Å². The van der Waals surface area contributed by atoms with Gasteiger partial charge >= 0.3 is 11.9 Å². The molecule has 0 aliphatic heterocycles. The molecule has 0 aromatic heterocycles. The lowest BCUT2D eigenvalue weighted by Crippen LogP contribution is -2.07. The fraction of sp³-hybridized carbons (Fsp3) is 0.133. The Balaban J connectivity index is 0.000000191. The van der Waals surface area contributed by atoms with Crippen LogP contribution >= 0.6 is 0 Å². The molecule has 0 unspecified atom stereocenters. The Bertz CT molecular complexity index is 1160. The van der Waals surface area contributed by atoms with Gasteiger partial charge < -0.3 is 9.84 Å². The molecule has 4 rings (SSSR count). The predicted octanol–water partition coefficient (Wildman–Crippen LogP) is 6.26. The van der Waals surface area contributed by atoms with Gasteiger partial charge in [-0.15, -0.1) is 0 Å². The molecule has 0 spiro atoms. The van der Waals surface area contributed by atoms with Crippen molar-refractivity contribution in [3.63, 3.8) is 0 Å². The van der Waals surface area contributed by atoms with Crippen molar-refractivity contribution in [1.82, 2.24) is 0 Å². The highest BCUT2D eigenvalue weighted by atomic mass is 16.5. The summed E-state index contributed by atoms with van der Waals surface area (Å²) in [6.45, 7) is 0.414. The number of carboxylic acids is 1. The largest absolute Gasteiger partial charge is 0.478 e. The molecule has 0 aliphatic carbocycles. The normalized spacial score (nSPS) is 10.0. The number of carbonyl (C=O) groups is 2. The Hall–Kier alpha value is -4.18. The molecule has 0 atom stereocenters. The lowest BCUT2D eigenvalue weighted by atomic mass is 10.00. The zero-order valence-corrected chi connectivity index (χ0v) is 19.0. The first-order chi connectivity index (χ1) is 16.6. The molecular formula is C30H28O4. The second-order valence-electron chi connectivity index (χ2n) is 7.69. The third-order valence-electron chi connectivity index (χ3n) is 5.25. The minimum absolute atomic E-state index is 0.262. The van der Waals surface area contributed by atoms with Crippen molar-refractivity contribution >= 4 is 11.9 Å². The lowest BCUT2D eigenvalue weighted by Gasteiger charge is -2.05. The van der Waals surface area contributed by atoms with Gasteiger partial charge in [0.15, 0.2) is 0 Å². The summed E-state index contributed by atoms with van der Waals surface area (Å²) in [5.74, 6) is -1.12. The van der Waals surface area contributed by atoms with E-state index in [-0.39, 0.29) is 5.97 Å². The zero-order valence-electron chi connectivity index (χ0n) is 19.0. The second kappa shape index (κ2) is 13.4. The monoisotopic (exact) mass is 452 g/mol. The van der Waals surface area contributed by atoms with E-state index < -0.39 is 5.97 Å². The summed E-state index contributed by atoms with van der Waals surface area (Å²) in [4.78, 5) is 22.6. The highest BCUT2D eigenvalue weighted by Crippen LogP contribution is 2.12. The Labute approximate surface area is 200 Å². The molecule has 4 heteroatoms. The van der Waals surface area contributed by atoms with E-state index in [2.05, 4.69) is 12.1 Å². The topological polar surface area (TPSA) is 63.6 Å². The average Bonchev–Trinajstić information content (AvgIpc) is 2.89. The van der Waals surface area contributed by atoms with Gasteiger partial charge in [-0.2, -0.15) is 0 Å². The molecule has 0 saturated carbocycles. The summed E-state index contributed by atoms with van der Waals surface area (Å²) in [7, 11) is 0. The van der Waals surface area contributed by atoms with Gasteiger partial charge in [0, 0.05) is 6.42 Å². The van der Waals surface area contributed by atoms with Crippen molar-refractivity contribution < 1.29 is 19.4 Å². The fourth-order valence-corrected chi connectivity index (χ4v) is 3.43. The maximum absolute atomic E-state index is 11.6. The second-order valence-corrected chi connectivity index (χ2v) is 7.69. The number of carbonyl (C=O) groups excluding carboxylic acids is 1. The Morgan fingerprint density at radius 1 is 0.588 bits per heavy atom. The first-order valence-electron chi connectivity index (χ1n) is 11.2. The minimum atomic E-state index is -0.853. The van der Waals surface area contributed by atoms with E-state index in [4.69, 9.17) is 9.84 Å². The van der Waals surface area contributed by atoms with Crippen LogP contribution in [-0.4, -0.2) is 23.7 Å². The van der Waals surface area contributed by atoms with Crippen molar-refractivity contribution in [1.29, 1.82) is 0 Å². The number of aromatic carboxylic acids is 1. The Kier molecular flexibility index (Phi) is 9.63. The number of ether oxygens (including phenoxy) is 1. The summed E-state index contributed by atoms with van der Waals surface area (Å²) in [5.41, 5.74) is 4.30. The van der Waals surface area contributed by atoms with Crippen LogP contribution in [0.3, 0.4) is 0 Å². The highest BCUT2D eigenvalue weighted by Gasteiger charge is 2.08. The molecule has 1 N–H and O–H groups in total. The standard InChI is InChI=1S/2C15H14O2/c16-15(14-9-5-2-6-10-14)17-12-11-13-7-3-1-4-8-13;16-15(17)14-9-5-4-8-13(14)11-10-12-6-2-1-3-7-12/h1-10H,11-12H2;1-9H,10-11H2,(H,16,17). The van der Waals surface area contributed by atoms with E-state index in [9.17, 15) is 9.59 Å². The highest BCUT2D eigenvalue weighted by molar-refractivity contribution is 5.89. The van der Waals surface area contributed by atoms with Crippen molar-refractivity contribution in [2.24, 2.45) is 0 Å². The maximum Gasteiger partial charge on any atom is 0.338 e. The third kappa shape index (κ3) is 8.06. The van der Waals surface area contributed by atoms with Gasteiger partial charge in [-0.05, 0) is 47.7 Å². The van der Waals surface area contributed by atoms with Gasteiger partial charge in [-0.3, -0.25) is 0 Å². The fourth-order valence-electron chi connectivity index (χ4n) is 3.43. The summed E-state index contributed by atoms with van der Waals surface area (Å²) in [6, 6.07) is 36.3. The third-order valence-corrected chi connectivity index (χ3v) is 5.25. The number of benzene rings is 4. The molecular weight excluding hydrogens is 424 g/mol. The molecule has 0 aliphatic rings. The van der Waals surface area contributed by atoms with Crippen LogP contribution in [0.1, 0.15) is 37.4 Å².